The van der Waals surface area contributed by atoms with Gasteiger partial charge in [-0.1, -0.05) is 6.42 Å². The molecular weight excluding hydrogens is 292 g/mol. The number of rotatable bonds is 7. The number of aromatic nitrogens is 4. The van der Waals surface area contributed by atoms with Crippen molar-refractivity contribution >= 4 is 11.5 Å². The van der Waals surface area contributed by atoms with Gasteiger partial charge in [0.1, 0.15) is 18.1 Å². The third kappa shape index (κ3) is 4.34. The van der Waals surface area contributed by atoms with E-state index in [4.69, 9.17) is 10.5 Å². The standard InChI is InChI=1S/C16H24N6O/c17-14-15(19-7-4-9-22-10-8-18-12-22)20-11-21-16(14)23-13-5-2-1-3-6-13/h8,10-13H,1-7,9,17H2,(H,19,20,21). The van der Waals surface area contributed by atoms with Crippen LogP contribution in [-0.4, -0.2) is 32.2 Å². The molecule has 3 rings (SSSR count). The number of hydrogen-bond donors (Lipinski definition) is 2. The molecule has 3 N–H and O–H groups in total. The van der Waals surface area contributed by atoms with Crippen LogP contribution in [0.5, 0.6) is 5.88 Å². The molecule has 0 aromatic carbocycles. The lowest BCUT2D eigenvalue weighted by Gasteiger charge is -2.23. The van der Waals surface area contributed by atoms with Gasteiger partial charge in [-0.2, -0.15) is 4.98 Å². The summed E-state index contributed by atoms with van der Waals surface area (Å²) in [7, 11) is 0. The molecule has 0 atom stereocenters. The second kappa shape index (κ2) is 7.80. The number of nitrogens with one attached hydrogen (secondary N) is 1. The fourth-order valence-corrected chi connectivity index (χ4v) is 2.84. The normalized spacial score (nSPS) is 15.5. The average Bonchev–Trinajstić information content (AvgIpc) is 3.09. The van der Waals surface area contributed by atoms with Crippen LogP contribution in [0.4, 0.5) is 11.5 Å². The van der Waals surface area contributed by atoms with Crippen molar-refractivity contribution in [1.82, 2.24) is 19.5 Å². The first-order chi connectivity index (χ1) is 11.3. The number of nitrogens with two attached hydrogens (primary N) is 1. The highest BCUT2D eigenvalue weighted by molar-refractivity contribution is 5.66. The smallest absolute Gasteiger partial charge is 0.242 e. The fourth-order valence-electron chi connectivity index (χ4n) is 2.84. The van der Waals surface area contributed by atoms with E-state index < -0.39 is 0 Å². The van der Waals surface area contributed by atoms with Crippen molar-refractivity contribution in [3.05, 3.63) is 25.0 Å². The monoisotopic (exact) mass is 316 g/mol. The summed E-state index contributed by atoms with van der Waals surface area (Å²) in [5, 5.41) is 3.26. The van der Waals surface area contributed by atoms with Crippen LogP contribution in [0.1, 0.15) is 38.5 Å². The maximum absolute atomic E-state index is 6.15. The molecule has 23 heavy (non-hydrogen) atoms. The SMILES string of the molecule is Nc1c(NCCCn2ccnc2)ncnc1OC1CCCCC1. The first kappa shape index (κ1) is 15.6. The topological polar surface area (TPSA) is 90.9 Å². The fraction of sp³-hybridized carbons (Fsp3) is 0.562. The van der Waals surface area contributed by atoms with E-state index in [2.05, 4.69) is 20.3 Å². The Bertz CT molecular complexity index is 595. The minimum atomic E-state index is 0.232. The van der Waals surface area contributed by atoms with Crippen molar-refractivity contribution in [1.29, 1.82) is 0 Å². The van der Waals surface area contributed by atoms with Gasteiger partial charge in [0, 0.05) is 25.5 Å². The predicted molar refractivity (Wildman–Crippen MR) is 89.3 cm³/mol. The summed E-state index contributed by atoms with van der Waals surface area (Å²) in [6.07, 6.45) is 14.1. The molecule has 1 fully saturated rings. The zero-order chi connectivity index (χ0) is 15.9. The van der Waals surface area contributed by atoms with Crippen LogP contribution in [0.15, 0.2) is 25.0 Å². The van der Waals surface area contributed by atoms with Gasteiger partial charge in [0.05, 0.1) is 6.33 Å². The maximum atomic E-state index is 6.15. The van der Waals surface area contributed by atoms with Gasteiger partial charge in [0.25, 0.3) is 0 Å². The van der Waals surface area contributed by atoms with Crippen LogP contribution in [0.2, 0.25) is 0 Å². The Hall–Kier alpha value is -2.31. The summed E-state index contributed by atoms with van der Waals surface area (Å²) >= 11 is 0. The lowest BCUT2D eigenvalue weighted by molar-refractivity contribution is 0.149. The third-order valence-electron chi connectivity index (χ3n) is 4.12. The quantitative estimate of drug-likeness (QED) is 0.763. The molecular formula is C16H24N6O. The molecule has 2 heterocycles. The molecule has 0 spiro atoms. The van der Waals surface area contributed by atoms with Crippen LogP contribution < -0.4 is 15.8 Å². The summed E-state index contributed by atoms with van der Waals surface area (Å²) in [5.74, 6) is 1.15. The van der Waals surface area contributed by atoms with Crippen molar-refractivity contribution in [3.63, 3.8) is 0 Å². The van der Waals surface area contributed by atoms with Crippen molar-refractivity contribution < 1.29 is 4.74 Å². The van der Waals surface area contributed by atoms with Gasteiger partial charge in [-0.05, 0) is 32.1 Å². The maximum Gasteiger partial charge on any atom is 0.242 e. The van der Waals surface area contributed by atoms with E-state index in [9.17, 15) is 0 Å². The Morgan fingerprint density at radius 2 is 2.13 bits per heavy atom. The molecule has 7 nitrogen and oxygen atoms in total. The molecule has 1 aliphatic rings. The molecule has 0 bridgehead atoms. The second-order valence-electron chi connectivity index (χ2n) is 5.90. The number of nitrogens with zero attached hydrogens (tertiary/aromatic N) is 4. The number of anilines is 2. The van der Waals surface area contributed by atoms with Crippen LogP contribution in [0.3, 0.4) is 0 Å². The van der Waals surface area contributed by atoms with E-state index >= 15 is 0 Å². The molecule has 7 heteroatoms. The van der Waals surface area contributed by atoms with Crippen molar-refractivity contribution in [2.45, 2.75) is 51.2 Å². The summed E-state index contributed by atoms with van der Waals surface area (Å²) < 4.78 is 8.01. The molecule has 0 radical (unpaired) electrons. The van der Waals surface area contributed by atoms with Crippen LogP contribution in [-0.2, 0) is 6.54 Å². The van der Waals surface area contributed by atoms with Gasteiger partial charge >= 0.3 is 0 Å². The number of imidazole rings is 1. The Morgan fingerprint density at radius 3 is 2.91 bits per heavy atom. The van der Waals surface area contributed by atoms with E-state index in [0.717, 1.165) is 32.4 Å². The Kier molecular flexibility index (Phi) is 5.29. The molecule has 2 aromatic heterocycles. The third-order valence-corrected chi connectivity index (χ3v) is 4.12. The lowest BCUT2D eigenvalue weighted by atomic mass is 9.98. The molecule has 124 valence electrons. The largest absolute Gasteiger partial charge is 0.473 e. The number of hydrogen-bond acceptors (Lipinski definition) is 6. The summed E-state index contributed by atoms with van der Waals surface area (Å²) in [6, 6.07) is 0. The summed E-state index contributed by atoms with van der Waals surface area (Å²) in [5.41, 5.74) is 6.65. The van der Waals surface area contributed by atoms with Crippen LogP contribution in [0.25, 0.3) is 0 Å². The van der Waals surface area contributed by atoms with E-state index in [1.54, 1.807) is 6.20 Å². The van der Waals surface area contributed by atoms with Crippen molar-refractivity contribution in [2.24, 2.45) is 0 Å². The van der Waals surface area contributed by atoms with E-state index in [1.807, 2.05) is 17.1 Å². The first-order valence-corrected chi connectivity index (χ1v) is 8.29. The Balaban J connectivity index is 1.51. The second-order valence-corrected chi connectivity index (χ2v) is 5.90. The van der Waals surface area contributed by atoms with Gasteiger partial charge in [-0.25, -0.2) is 9.97 Å². The molecule has 0 unspecified atom stereocenters. The van der Waals surface area contributed by atoms with Crippen molar-refractivity contribution in [3.8, 4) is 5.88 Å². The van der Waals surface area contributed by atoms with E-state index in [1.165, 1.54) is 25.6 Å². The van der Waals surface area contributed by atoms with Gasteiger partial charge in [-0.15, -0.1) is 0 Å². The minimum absolute atomic E-state index is 0.232. The van der Waals surface area contributed by atoms with Gasteiger partial charge in [-0.3, -0.25) is 0 Å². The minimum Gasteiger partial charge on any atom is -0.473 e. The highest BCUT2D eigenvalue weighted by Gasteiger charge is 2.18. The number of nitrogen functional groups attached to an aromatic ring is 1. The average molecular weight is 316 g/mol. The first-order valence-electron chi connectivity index (χ1n) is 8.29. The van der Waals surface area contributed by atoms with Crippen LogP contribution in [0, 0.1) is 0 Å². The zero-order valence-corrected chi connectivity index (χ0v) is 13.3. The molecule has 0 aliphatic heterocycles. The number of ether oxygens (including phenoxy) is 1. The highest BCUT2D eigenvalue weighted by atomic mass is 16.5. The molecule has 2 aromatic rings. The van der Waals surface area contributed by atoms with Gasteiger partial charge in [0.2, 0.25) is 5.88 Å². The summed E-state index contributed by atoms with van der Waals surface area (Å²) in [6.45, 7) is 1.69. The number of aryl methyl sites for hydroxylation is 1. The zero-order valence-electron chi connectivity index (χ0n) is 13.3. The van der Waals surface area contributed by atoms with Gasteiger partial charge < -0.3 is 20.4 Å². The predicted octanol–water partition coefficient (Wildman–Crippen LogP) is 2.47. The van der Waals surface area contributed by atoms with Gasteiger partial charge in [0.15, 0.2) is 5.82 Å². The van der Waals surface area contributed by atoms with Crippen LogP contribution >= 0.6 is 0 Å². The molecule has 1 aliphatic carbocycles. The van der Waals surface area contributed by atoms with Crippen molar-refractivity contribution in [2.75, 3.05) is 17.6 Å². The molecule has 0 amide bonds. The Morgan fingerprint density at radius 1 is 1.26 bits per heavy atom. The lowest BCUT2D eigenvalue weighted by Crippen LogP contribution is -2.21. The van der Waals surface area contributed by atoms with E-state index in [-0.39, 0.29) is 6.10 Å². The van der Waals surface area contributed by atoms with E-state index in [0.29, 0.717) is 17.4 Å². The molecule has 1 saturated carbocycles. The Labute approximate surface area is 136 Å². The highest BCUT2D eigenvalue weighted by Crippen LogP contribution is 2.28. The summed E-state index contributed by atoms with van der Waals surface area (Å²) in [4.78, 5) is 12.4. The molecule has 0 saturated heterocycles.